The molecule has 2 N–H and O–H groups in total. The van der Waals surface area contributed by atoms with Crippen LogP contribution in [0.1, 0.15) is 38.7 Å². The molecule has 1 aliphatic heterocycles. The van der Waals surface area contributed by atoms with Gasteiger partial charge in [0.25, 0.3) is 0 Å². The van der Waals surface area contributed by atoms with Crippen molar-refractivity contribution in [2.75, 3.05) is 46.9 Å². The summed E-state index contributed by atoms with van der Waals surface area (Å²) in [5.74, 6) is 1.77. The van der Waals surface area contributed by atoms with E-state index in [4.69, 9.17) is 4.74 Å². The van der Waals surface area contributed by atoms with Crippen LogP contribution in [0, 0.1) is 0 Å². The largest absolute Gasteiger partial charge is 0.497 e. The number of likely N-dealkylation sites (tertiary alicyclic amines) is 1. The Labute approximate surface area is 152 Å². The SMILES string of the molecule is CN=C(NCCN1CCCCC1)NCC(C)(C)c1ccc(OC)cc1. The molecule has 2 rings (SSSR count). The molecule has 0 atom stereocenters. The van der Waals surface area contributed by atoms with Crippen molar-refractivity contribution in [2.24, 2.45) is 4.99 Å². The van der Waals surface area contributed by atoms with Crippen LogP contribution >= 0.6 is 0 Å². The van der Waals surface area contributed by atoms with Gasteiger partial charge in [-0.15, -0.1) is 0 Å². The fourth-order valence-corrected chi connectivity index (χ4v) is 3.18. The Balaban J connectivity index is 1.77. The minimum atomic E-state index is 0.0107. The van der Waals surface area contributed by atoms with Gasteiger partial charge >= 0.3 is 0 Å². The highest BCUT2D eigenvalue weighted by molar-refractivity contribution is 5.79. The number of ether oxygens (including phenoxy) is 1. The molecule has 0 spiro atoms. The minimum absolute atomic E-state index is 0.0107. The van der Waals surface area contributed by atoms with Crippen molar-refractivity contribution < 1.29 is 4.74 Å². The first kappa shape index (κ1) is 19.6. The number of piperidine rings is 1. The summed E-state index contributed by atoms with van der Waals surface area (Å²) in [6.07, 6.45) is 4.06. The van der Waals surface area contributed by atoms with Crippen LogP contribution in [0.4, 0.5) is 0 Å². The summed E-state index contributed by atoms with van der Waals surface area (Å²) in [5, 5.41) is 6.90. The number of hydrogen-bond acceptors (Lipinski definition) is 3. The Bertz CT molecular complexity index is 533. The average molecular weight is 347 g/mol. The Morgan fingerprint density at radius 3 is 2.40 bits per heavy atom. The van der Waals surface area contributed by atoms with Crippen LogP contribution in [-0.2, 0) is 5.41 Å². The predicted octanol–water partition coefficient (Wildman–Crippen LogP) is 2.62. The van der Waals surface area contributed by atoms with Gasteiger partial charge in [0, 0.05) is 32.1 Å². The summed E-state index contributed by atoms with van der Waals surface area (Å²) < 4.78 is 5.24. The summed E-state index contributed by atoms with van der Waals surface area (Å²) in [6, 6.07) is 8.30. The van der Waals surface area contributed by atoms with E-state index >= 15 is 0 Å². The second-order valence-corrected chi connectivity index (χ2v) is 7.37. The molecule has 25 heavy (non-hydrogen) atoms. The molecule has 0 saturated carbocycles. The number of benzene rings is 1. The first-order chi connectivity index (χ1) is 12.0. The van der Waals surface area contributed by atoms with Gasteiger partial charge in [-0.3, -0.25) is 4.99 Å². The Hall–Kier alpha value is -1.75. The Morgan fingerprint density at radius 1 is 1.12 bits per heavy atom. The van der Waals surface area contributed by atoms with E-state index in [1.54, 1.807) is 7.11 Å². The molecule has 1 fully saturated rings. The van der Waals surface area contributed by atoms with Crippen LogP contribution in [-0.4, -0.2) is 57.7 Å². The van der Waals surface area contributed by atoms with Crippen LogP contribution in [0.2, 0.25) is 0 Å². The molecule has 1 saturated heterocycles. The highest BCUT2D eigenvalue weighted by Gasteiger charge is 2.21. The summed E-state index contributed by atoms with van der Waals surface area (Å²) in [4.78, 5) is 6.88. The number of methoxy groups -OCH3 is 1. The molecule has 1 aromatic carbocycles. The fourth-order valence-electron chi connectivity index (χ4n) is 3.18. The lowest BCUT2D eigenvalue weighted by Gasteiger charge is -2.28. The normalized spacial score (nSPS) is 16.6. The van der Waals surface area contributed by atoms with Crippen LogP contribution in [0.25, 0.3) is 0 Å². The van der Waals surface area contributed by atoms with Gasteiger partial charge in [-0.05, 0) is 43.6 Å². The molecule has 1 aliphatic rings. The standard InChI is InChI=1S/C20H34N4O/c1-20(2,17-8-10-18(25-4)11-9-17)16-23-19(21-3)22-12-15-24-13-6-5-7-14-24/h8-11H,5-7,12-16H2,1-4H3,(H2,21,22,23). The summed E-state index contributed by atoms with van der Waals surface area (Å²) in [5.41, 5.74) is 1.29. The number of rotatable bonds is 7. The van der Waals surface area contributed by atoms with Crippen molar-refractivity contribution in [1.29, 1.82) is 0 Å². The van der Waals surface area contributed by atoms with E-state index in [1.165, 1.54) is 37.9 Å². The molecular weight excluding hydrogens is 312 g/mol. The van der Waals surface area contributed by atoms with Crippen molar-refractivity contribution in [2.45, 2.75) is 38.5 Å². The van der Waals surface area contributed by atoms with Crippen LogP contribution in [0.5, 0.6) is 5.75 Å². The van der Waals surface area contributed by atoms with Gasteiger partial charge in [0.05, 0.1) is 7.11 Å². The van der Waals surface area contributed by atoms with Crippen molar-refractivity contribution >= 4 is 5.96 Å². The minimum Gasteiger partial charge on any atom is -0.497 e. The van der Waals surface area contributed by atoms with Crippen molar-refractivity contribution in [3.63, 3.8) is 0 Å². The monoisotopic (exact) mass is 346 g/mol. The Kier molecular flexibility index (Phi) is 7.56. The second-order valence-electron chi connectivity index (χ2n) is 7.37. The summed E-state index contributed by atoms with van der Waals surface area (Å²) in [7, 11) is 3.53. The van der Waals surface area contributed by atoms with Gasteiger partial charge in [0.15, 0.2) is 5.96 Å². The van der Waals surface area contributed by atoms with E-state index in [-0.39, 0.29) is 5.41 Å². The van der Waals surface area contributed by atoms with Crippen LogP contribution < -0.4 is 15.4 Å². The number of hydrogen-bond donors (Lipinski definition) is 2. The van der Waals surface area contributed by atoms with E-state index in [9.17, 15) is 0 Å². The molecule has 0 bridgehead atoms. The molecule has 0 amide bonds. The third-order valence-electron chi connectivity index (χ3n) is 4.96. The molecule has 0 aliphatic carbocycles. The predicted molar refractivity (Wildman–Crippen MR) is 106 cm³/mol. The summed E-state index contributed by atoms with van der Waals surface area (Å²) >= 11 is 0. The molecule has 1 heterocycles. The zero-order valence-corrected chi connectivity index (χ0v) is 16.3. The second kappa shape index (κ2) is 9.66. The molecule has 5 nitrogen and oxygen atoms in total. The molecule has 0 aromatic heterocycles. The van der Waals surface area contributed by atoms with Gasteiger partial charge in [-0.1, -0.05) is 32.4 Å². The zero-order chi connectivity index (χ0) is 18.1. The van der Waals surface area contributed by atoms with E-state index < -0.39 is 0 Å². The molecule has 5 heteroatoms. The number of nitrogens with zero attached hydrogens (tertiary/aromatic N) is 2. The van der Waals surface area contributed by atoms with Gasteiger partial charge < -0.3 is 20.3 Å². The van der Waals surface area contributed by atoms with Crippen LogP contribution in [0.3, 0.4) is 0 Å². The van der Waals surface area contributed by atoms with E-state index in [2.05, 4.69) is 46.5 Å². The third-order valence-corrected chi connectivity index (χ3v) is 4.96. The smallest absolute Gasteiger partial charge is 0.191 e. The lowest BCUT2D eigenvalue weighted by atomic mass is 9.84. The van der Waals surface area contributed by atoms with Crippen molar-refractivity contribution in [3.05, 3.63) is 29.8 Å². The van der Waals surface area contributed by atoms with Gasteiger partial charge in [-0.2, -0.15) is 0 Å². The van der Waals surface area contributed by atoms with E-state index in [0.717, 1.165) is 31.3 Å². The highest BCUT2D eigenvalue weighted by atomic mass is 16.5. The molecule has 0 radical (unpaired) electrons. The van der Waals surface area contributed by atoms with Gasteiger partial charge in [-0.25, -0.2) is 0 Å². The topological polar surface area (TPSA) is 48.9 Å². The lowest BCUT2D eigenvalue weighted by molar-refractivity contribution is 0.232. The molecule has 1 aromatic rings. The fraction of sp³-hybridized carbons (Fsp3) is 0.650. The van der Waals surface area contributed by atoms with Crippen LogP contribution in [0.15, 0.2) is 29.3 Å². The highest BCUT2D eigenvalue weighted by Crippen LogP contribution is 2.24. The average Bonchev–Trinajstić information content (AvgIpc) is 2.65. The maximum Gasteiger partial charge on any atom is 0.191 e. The quantitative estimate of drug-likeness (QED) is 0.589. The van der Waals surface area contributed by atoms with Crippen molar-refractivity contribution in [3.8, 4) is 5.75 Å². The lowest BCUT2D eigenvalue weighted by Crippen LogP contribution is -2.46. The number of nitrogens with one attached hydrogen (secondary N) is 2. The Morgan fingerprint density at radius 2 is 1.80 bits per heavy atom. The zero-order valence-electron chi connectivity index (χ0n) is 16.3. The molecular formula is C20H34N4O. The molecule has 140 valence electrons. The summed E-state index contributed by atoms with van der Waals surface area (Å²) in [6.45, 7) is 9.79. The maximum atomic E-state index is 5.24. The maximum absolute atomic E-state index is 5.24. The van der Waals surface area contributed by atoms with Crippen molar-refractivity contribution in [1.82, 2.24) is 15.5 Å². The first-order valence-corrected chi connectivity index (χ1v) is 9.36. The van der Waals surface area contributed by atoms with Gasteiger partial charge in [0.2, 0.25) is 0 Å². The van der Waals surface area contributed by atoms with E-state index in [0.29, 0.717) is 0 Å². The first-order valence-electron chi connectivity index (χ1n) is 9.36. The molecule has 0 unspecified atom stereocenters. The number of guanidine groups is 1. The van der Waals surface area contributed by atoms with Gasteiger partial charge in [0.1, 0.15) is 5.75 Å². The third kappa shape index (κ3) is 6.24. The number of aliphatic imine (C=N–C) groups is 1. The van der Waals surface area contributed by atoms with E-state index in [1.807, 2.05) is 19.2 Å².